The van der Waals surface area contributed by atoms with Gasteiger partial charge in [0.2, 0.25) is 0 Å². The first-order valence-electron chi connectivity index (χ1n) is 6.73. The number of ether oxygens (including phenoxy) is 1. The Balaban J connectivity index is 2.27. The molecule has 0 N–H and O–H groups in total. The van der Waals surface area contributed by atoms with Crippen molar-refractivity contribution < 1.29 is 9.66 Å². The first-order valence-corrected chi connectivity index (χ1v) is 6.73. The van der Waals surface area contributed by atoms with E-state index < -0.39 is 4.92 Å². The standard InChI is InChI=1S/C14H21N3O3/c1-10-8-16(9-11(2)15(10)3)12-5-6-13(17(18)19)14(7-12)20-4/h5-7,10-11H,8-9H2,1-4H3. The number of likely N-dealkylation sites (N-methyl/N-ethyl adjacent to an activating group) is 1. The second-order valence-electron chi connectivity index (χ2n) is 5.38. The second kappa shape index (κ2) is 5.66. The molecule has 1 fully saturated rings. The van der Waals surface area contributed by atoms with Gasteiger partial charge in [-0.25, -0.2) is 0 Å². The Morgan fingerprint density at radius 3 is 2.40 bits per heavy atom. The third-order valence-electron chi connectivity index (χ3n) is 4.08. The van der Waals surface area contributed by atoms with Crippen molar-refractivity contribution in [2.45, 2.75) is 25.9 Å². The minimum absolute atomic E-state index is 0.00599. The number of piperazine rings is 1. The van der Waals surface area contributed by atoms with Gasteiger partial charge in [0.15, 0.2) is 5.75 Å². The molecule has 0 aliphatic carbocycles. The molecule has 0 radical (unpaired) electrons. The lowest BCUT2D eigenvalue weighted by molar-refractivity contribution is -0.385. The number of nitro groups is 1. The van der Waals surface area contributed by atoms with Crippen molar-refractivity contribution in [1.82, 2.24) is 4.90 Å². The molecule has 1 aromatic carbocycles. The Kier molecular flexibility index (Phi) is 4.13. The van der Waals surface area contributed by atoms with Gasteiger partial charge >= 0.3 is 5.69 Å². The summed E-state index contributed by atoms with van der Waals surface area (Å²) in [6.45, 7) is 6.18. The topological polar surface area (TPSA) is 58.8 Å². The van der Waals surface area contributed by atoms with Crippen LogP contribution in [0.25, 0.3) is 0 Å². The molecule has 0 spiro atoms. The predicted octanol–water partition coefficient (Wildman–Crippen LogP) is 2.13. The average Bonchev–Trinajstić information content (AvgIpc) is 2.43. The van der Waals surface area contributed by atoms with Gasteiger partial charge in [-0.2, -0.15) is 0 Å². The lowest BCUT2D eigenvalue weighted by atomic mass is 10.1. The maximum atomic E-state index is 10.9. The van der Waals surface area contributed by atoms with Crippen LogP contribution >= 0.6 is 0 Å². The number of benzene rings is 1. The molecule has 0 bridgehead atoms. The Hall–Kier alpha value is -1.82. The highest BCUT2D eigenvalue weighted by Crippen LogP contribution is 2.32. The van der Waals surface area contributed by atoms with Crippen LogP contribution in [-0.4, -0.2) is 49.2 Å². The van der Waals surface area contributed by atoms with Gasteiger partial charge in [-0.05, 0) is 27.0 Å². The van der Waals surface area contributed by atoms with Gasteiger partial charge in [-0.3, -0.25) is 15.0 Å². The Morgan fingerprint density at radius 1 is 1.30 bits per heavy atom. The zero-order valence-electron chi connectivity index (χ0n) is 12.4. The summed E-state index contributed by atoms with van der Waals surface area (Å²) in [6.07, 6.45) is 0. The zero-order chi connectivity index (χ0) is 14.9. The zero-order valence-corrected chi connectivity index (χ0v) is 12.4. The molecule has 6 heteroatoms. The molecule has 0 amide bonds. The summed E-state index contributed by atoms with van der Waals surface area (Å²) in [5, 5.41) is 10.9. The van der Waals surface area contributed by atoms with Crippen molar-refractivity contribution in [3.8, 4) is 5.75 Å². The first kappa shape index (κ1) is 14.6. The molecule has 0 aromatic heterocycles. The normalized spacial score (nSPS) is 23.7. The average molecular weight is 279 g/mol. The molecule has 1 heterocycles. The molecule has 110 valence electrons. The van der Waals surface area contributed by atoms with E-state index in [-0.39, 0.29) is 5.69 Å². The molecule has 1 aliphatic rings. The second-order valence-corrected chi connectivity index (χ2v) is 5.38. The number of nitrogens with zero attached hydrogens (tertiary/aromatic N) is 3. The van der Waals surface area contributed by atoms with E-state index in [4.69, 9.17) is 4.74 Å². The van der Waals surface area contributed by atoms with Crippen LogP contribution in [0.1, 0.15) is 13.8 Å². The van der Waals surface area contributed by atoms with Crippen LogP contribution in [0.5, 0.6) is 5.75 Å². The maximum Gasteiger partial charge on any atom is 0.311 e. The molecule has 1 aliphatic heterocycles. The van der Waals surface area contributed by atoms with Gasteiger partial charge in [0.1, 0.15) is 0 Å². The van der Waals surface area contributed by atoms with E-state index in [1.165, 1.54) is 13.2 Å². The molecule has 0 saturated carbocycles. The van der Waals surface area contributed by atoms with Crippen LogP contribution in [0.4, 0.5) is 11.4 Å². The van der Waals surface area contributed by atoms with Gasteiger partial charge in [0, 0.05) is 43.0 Å². The van der Waals surface area contributed by atoms with E-state index in [0.29, 0.717) is 17.8 Å². The summed E-state index contributed by atoms with van der Waals surface area (Å²) in [4.78, 5) is 15.1. The highest BCUT2D eigenvalue weighted by molar-refractivity contribution is 5.59. The fraction of sp³-hybridized carbons (Fsp3) is 0.571. The molecule has 2 rings (SSSR count). The van der Waals surface area contributed by atoms with E-state index in [1.807, 2.05) is 0 Å². The summed E-state index contributed by atoms with van der Waals surface area (Å²) in [5.74, 6) is 0.312. The number of methoxy groups -OCH3 is 1. The molecule has 2 unspecified atom stereocenters. The lowest BCUT2D eigenvalue weighted by Crippen LogP contribution is -2.55. The van der Waals surface area contributed by atoms with Crippen molar-refractivity contribution in [2.75, 3.05) is 32.1 Å². The Bertz CT molecular complexity index is 494. The van der Waals surface area contributed by atoms with Crippen molar-refractivity contribution in [3.05, 3.63) is 28.3 Å². The molecule has 6 nitrogen and oxygen atoms in total. The summed E-state index contributed by atoms with van der Waals surface area (Å²) < 4.78 is 5.13. The molecule has 2 atom stereocenters. The Morgan fingerprint density at radius 2 is 1.90 bits per heavy atom. The molecule has 1 saturated heterocycles. The van der Waals surface area contributed by atoms with Crippen molar-refractivity contribution in [1.29, 1.82) is 0 Å². The minimum Gasteiger partial charge on any atom is -0.490 e. The number of hydrogen-bond acceptors (Lipinski definition) is 5. The highest BCUT2D eigenvalue weighted by Gasteiger charge is 2.27. The van der Waals surface area contributed by atoms with Crippen molar-refractivity contribution >= 4 is 11.4 Å². The number of anilines is 1. The van der Waals surface area contributed by atoms with E-state index in [2.05, 4.69) is 30.7 Å². The molecular weight excluding hydrogens is 258 g/mol. The van der Waals surface area contributed by atoms with Crippen molar-refractivity contribution in [3.63, 3.8) is 0 Å². The summed E-state index contributed by atoms with van der Waals surface area (Å²) in [5.41, 5.74) is 0.978. The van der Waals surface area contributed by atoms with Crippen LogP contribution in [0.3, 0.4) is 0 Å². The smallest absolute Gasteiger partial charge is 0.311 e. The summed E-state index contributed by atoms with van der Waals surface area (Å²) in [7, 11) is 3.59. The number of nitro benzene ring substituents is 1. The fourth-order valence-corrected chi connectivity index (χ4v) is 2.63. The van der Waals surface area contributed by atoms with Gasteiger partial charge in [-0.1, -0.05) is 0 Å². The van der Waals surface area contributed by atoms with Crippen LogP contribution in [-0.2, 0) is 0 Å². The van der Waals surface area contributed by atoms with Gasteiger partial charge in [0.25, 0.3) is 0 Å². The first-order chi connectivity index (χ1) is 9.43. The Labute approximate surface area is 119 Å². The number of rotatable bonds is 3. The third kappa shape index (κ3) is 2.70. The third-order valence-corrected chi connectivity index (χ3v) is 4.08. The molecular formula is C14H21N3O3. The molecule has 1 aromatic rings. The summed E-state index contributed by atoms with van der Waals surface area (Å²) >= 11 is 0. The largest absolute Gasteiger partial charge is 0.490 e. The minimum atomic E-state index is -0.419. The summed E-state index contributed by atoms with van der Waals surface area (Å²) in [6, 6.07) is 5.95. The fourth-order valence-electron chi connectivity index (χ4n) is 2.63. The van der Waals surface area contributed by atoms with Gasteiger partial charge in [-0.15, -0.1) is 0 Å². The van der Waals surface area contributed by atoms with E-state index in [9.17, 15) is 10.1 Å². The van der Waals surface area contributed by atoms with Crippen LogP contribution in [0.2, 0.25) is 0 Å². The van der Waals surface area contributed by atoms with Gasteiger partial charge in [0.05, 0.1) is 12.0 Å². The van der Waals surface area contributed by atoms with Crippen LogP contribution < -0.4 is 9.64 Å². The number of hydrogen-bond donors (Lipinski definition) is 0. The molecule has 20 heavy (non-hydrogen) atoms. The lowest BCUT2D eigenvalue weighted by Gasteiger charge is -2.43. The van der Waals surface area contributed by atoms with Crippen LogP contribution in [0.15, 0.2) is 18.2 Å². The maximum absolute atomic E-state index is 10.9. The van der Waals surface area contributed by atoms with E-state index in [0.717, 1.165) is 18.8 Å². The van der Waals surface area contributed by atoms with E-state index in [1.54, 1.807) is 12.1 Å². The predicted molar refractivity (Wildman–Crippen MR) is 78.5 cm³/mol. The monoisotopic (exact) mass is 279 g/mol. The quantitative estimate of drug-likeness (QED) is 0.626. The SMILES string of the molecule is COc1cc(N2CC(C)N(C)C(C)C2)ccc1[N+](=O)[O-]. The van der Waals surface area contributed by atoms with Crippen LogP contribution in [0, 0.1) is 10.1 Å². The van der Waals surface area contributed by atoms with Crippen molar-refractivity contribution in [2.24, 2.45) is 0 Å². The van der Waals surface area contributed by atoms with E-state index >= 15 is 0 Å². The highest BCUT2D eigenvalue weighted by atomic mass is 16.6. The van der Waals surface area contributed by atoms with Gasteiger partial charge < -0.3 is 9.64 Å².